The second-order valence-corrected chi connectivity index (χ2v) is 7.26. The van der Waals surface area contributed by atoms with Gasteiger partial charge in [0.1, 0.15) is 0 Å². The molecule has 2 aliphatic rings. The van der Waals surface area contributed by atoms with Gasteiger partial charge in [-0.25, -0.2) is 0 Å². The van der Waals surface area contributed by atoms with Crippen LogP contribution in [0, 0.1) is 11.8 Å². The third kappa shape index (κ3) is 3.19. The highest BCUT2D eigenvalue weighted by molar-refractivity contribution is 9.10. The van der Waals surface area contributed by atoms with Gasteiger partial charge < -0.3 is 10.4 Å². The SMILES string of the molecule is O=C(O)C1CCCC(C(=O)NC2CCc3cc(Br)ccc32)C1. The lowest BCUT2D eigenvalue weighted by Gasteiger charge is -2.27. The molecule has 1 amide bonds. The molecule has 0 saturated heterocycles. The Morgan fingerprint density at radius 2 is 1.95 bits per heavy atom. The highest BCUT2D eigenvalue weighted by Crippen LogP contribution is 2.34. The van der Waals surface area contributed by atoms with Crippen molar-refractivity contribution in [3.05, 3.63) is 33.8 Å². The maximum atomic E-state index is 12.5. The highest BCUT2D eigenvalue weighted by Gasteiger charge is 2.33. The van der Waals surface area contributed by atoms with Crippen LogP contribution in [0.5, 0.6) is 0 Å². The molecule has 0 radical (unpaired) electrons. The fourth-order valence-electron chi connectivity index (χ4n) is 3.68. The molecule has 0 bridgehead atoms. The molecule has 0 aliphatic heterocycles. The number of hydrogen-bond donors (Lipinski definition) is 2. The van der Waals surface area contributed by atoms with Gasteiger partial charge in [-0.3, -0.25) is 9.59 Å². The topological polar surface area (TPSA) is 66.4 Å². The minimum Gasteiger partial charge on any atom is -0.481 e. The number of amides is 1. The minimum atomic E-state index is -0.770. The number of nitrogens with one attached hydrogen (secondary N) is 1. The summed E-state index contributed by atoms with van der Waals surface area (Å²) in [5.74, 6) is -1.27. The number of fused-ring (bicyclic) bond motifs is 1. The van der Waals surface area contributed by atoms with E-state index in [0.29, 0.717) is 12.8 Å². The molecule has 2 aliphatic carbocycles. The molecular formula is C17H20BrNO3. The molecule has 3 rings (SSSR count). The Morgan fingerprint density at radius 1 is 1.18 bits per heavy atom. The second-order valence-electron chi connectivity index (χ2n) is 6.34. The van der Waals surface area contributed by atoms with E-state index in [1.807, 2.05) is 6.07 Å². The van der Waals surface area contributed by atoms with Crippen LogP contribution >= 0.6 is 15.9 Å². The zero-order valence-corrected chi connectivity index (χ0v) is 13.9. The van der Waals surface area contributed by atoms with Crippen LogP contribution in [0.3, 0.4) is 0 Å². The lowest BCUT2D eigenvalue weighted by atomic mass is 9.81. The molecule has 1 fully saturated rings. The number of rotatable bonds is 3. The normalized spacial score (nSPS) is 27.2. The molecule has 4 nitrogen and oxygen atoms in total. The van der Waals surface area contributed by atoms with Crippen LogP contribution in [0.4, 0.5) is 0 Å². The predicted molar refractivity (Wildman–Crippen MR) is 86.4 cm³/mol. The third-order valence-corrected chi connectivity index (χ3v) is 5.39. The van der Waals surface area contributed by atoms with Crippen molar-refractivity contribution in [2.75, 3.05) is 0 Å². The highest BCUT2D eigenvalue weighted by atomic mass is 79.9. The lowest BCUT2D eigenvalue weighted by Crippen LogP contribution is -2.36. The van der Waals surface area contributed by atoms with Crippen molar-refractivity contribution in [1.29, 1.82) is 0 Å². The average molecular weight is 366 g/mol. The first-order chi connectivity index (χ1) is 10.5. The minimum absolute atomic E-state index is 0.0201. The van der Waals surface area contributed by atoms with Gasteiger partial charge in [0.05, 0.1) is 12.0 Å². The van der Waals surface area contributed by atoms with E-state index >= 15 is 0 Å². The van der Waals surface area contributed by atoms with Gasteiger partial charge in [-0.1, -0.05) is 28.4 Å². The van der Waals surface area contributed by atoms with Gasteiger partial charge in [0.25, 0.3) is 0 Å². The van der Waals surface area contributed by atoms with Crippen LogP contribution in [-0.2, 0) is 16.0 Å². The Hall–Kier alpha value is -1.36. The van der Waals surface area contributed by atoms with E-state index in [9.17, 15) is 9.59 Å². The Labute approximate surface area is 138 Å². The summed E-state index contributed by atoms with van der Waals surface area (Å²) in [5, 5.41) is 12.3. The first-order valence-electron chi connectivity index (χ1n) is 7.86. The Balaban J connectivity index is 1.65. The van der Waals surface area contributed by atoms with E-state index < -0.39 is 5.97 Å². The molecule has 22 heavy (non-hydrogen) atoms. The second kappa shape index (κ2) is 6.41. The van der Waals surface area contributed by atoms with Crippen molar-refractivity contribution in [2.24, 2.45) is 11.8 Å². The smallest absolute Gasteiger partial charge is 0.306 e. The molecule has 0 spiro atoms. The summed E-state index contributed by atoms with van der Waals surface area (Å²) >= 11 is 3.48. The summed E-state index contributed by atoms with van der Waals surface area (Å²) in [6.45, 7) is 0. The summed E-state index contributed by atoms with van der Waals surface area (Å²) in [4.78, 5) is 23.6. The summed E-state index contributed by atoms with van der Waals surface area (Å²) in [7, 11) is 0. The van der Waals surface area contributed by atoms with Crippen LogP contribution in [0.2, 0.25) is 0 Å². The van der Waals surface area contributed by atoms with Crippen LogP contribution in [0.25, 0.3) is 0 Å². The van der Waals surface area contributed by atoms with Crippen molar-refractivity contribution in [2.45, 2.75) is 44.6 Å². The summed E-state index contributed by atoms with van der Waals surface area (Å²) in [6, 6.07) is 6.26. The number of aryl methyl sites for hydroxylation is 1. The van der Waals surface area contributed by atoms with Gasteiger partial charge in [-0.2, -0.15) is 0 Å². The number of carboxylic acid groups (broad SMARTS) is 1. The molecule has 1 saturated carbocycles. The fraction of sp³-hybridized carbons (Fsp3) is 0.529. The van der Waals surface area contributed by atoms with Crippen LogP contribution in [-0.4, -0.2) is 17.0 Å². The summed E-state index contributed by atoms with van der Waals surface area (Å²) < 4.78 is 1.06. The quantitative estimate of drug-likeness (QED) is 0.861. The van der Waals surface area contributed by atoms with Crippen molar-refractivity contribution in [1.82, 2.24) is 5.32 Å². The number of carbonyl (C=O) groups excluding carboxylic acids is 1. The van der Waals surface area contributed by atoms with Gasteiger partial charge in [-0.15, -0.1) is 0 Å². The Bertz CT molecular complexity index is 602. The summed E-state index contributed by atoms with van der Waals surface area (Å²) in [6.07, 6.45) is 4.69. The van der Waals surface area contributed by atoms with E-state index in [-0.39, 0.29) is 23.8 Å². The average Bonchev–Trinajstić information content (AvgIpc) is 2.89. The van der Waals surface area contributed by atoms with E-state index in [2.05, 4.69) is 33.4 Å². The molecule has 3 unspecified atom stereocenters. The van der Waals surface area contributed by atoms with Crippen molar-refractivity contribution < 1.29 is 14.7 Å². The van der Waals surface area contributed by atoms with Crippen LogP contribution < -0.4 is 5.32 Å². The van der Waals surface area contributed by atoms with E-state index in [4.69, 9.17) is 5.11 Å². The number of halogens is 1. The number of carbonyl (C=O) groups is 2. The molecule has 1 aromatic rings. The van der Waals surface area contributed by atoms with Crippen molar-refractivity contribution in [3.63, 3.8) is 0 Å². The number of hydrogen-bond acceptors (Lipinski definition) is 2. The van der Waals surface area contributed by atoms with E-state index in [0.717, 1.165) is 30.2 Å². The standard InChI is InChI=1S/C17H20BrNO3/c18-13-5-6-14-10(9-13)4-7-15(14)19-16(20)11-2-1-3-12(8-11)17(21)22/h5-6,9,11-12,15H,1-4,7-8H2,(H,19,20)(H,21,22). The van der Waals surface area contributed by atoms with Crippen molar-refractivity contribution >= 4 is 27.8 Å². The molecular weight excluding hydrogens is 346 g/mol. The number of benzene rings is 1. The molecule has 1 aromatic carbocycles. The largest absolute Gasteiger partial charge is 0.481 e. The maximum absolute atomic E-state index is 12.5. The molecule has 2 N–H and O–H groups in total. The molecule has 3 atom stereocenters. The Morgan fingerprint density at radius 3 is 2.73 bits per heavy atom. The fourth-order valence-corrected chi connectivity index (χ4v) is 4.09. The van der Waals surface area contributed by atoms with Crippen LogP contribution in [0.1, 0.15) is 49.3 Å². The molecule has 5 heteroatoms. The number of carboxylic acids is 1. The molecule has 118 valence electrons. The van der Waals surface area contributed by atoms with Gasteiger partial charge in [0, 0.05) is 10.4 Å². The zero-order valence-electron chi connectivity index (χ0n) is 12.3. The predicted octanol–water partition coefficient (Wildman–Crippen LogP) is 3.44. The van der Waals surface area contributed by atoms with Gasteiger partial charge in [-0.05, 0) is 55.4 Å². The Kier molecular flexibility index (Phi) is 4.52. The zero-order chi connectivity index (χ0) is 15.7. The lowest BCUT2D eigenvalue weighted by molar-refractivity contribution is -0.144. The maximum Gasteiger partial charge on any atom is 0.306 e. The first-order valence-corrected chi connectivity index (χ1v) is 8.65. The first kappa shape index (κ1) is 15.5. The van der Waals surface area contributed by atoms with Gasteiger partial charge >= 0.3 is 5.97 Å². The van der Waals surface area contributed by atoms with E-state index in [1.165, 1.54) is 11.1 Å². The third-order valence-electron chi connectivity index (χ3n) is 4.89. The van der Waals surface area contributed by atoms with Crippen LogP contribution in [0.15, 0.2) is 22.7 Å². The summed E-state index contributed by atoms with van der Waals surface area (Å²) in [5.41, 5.74) is 2.48. The van der Waals surface area contributed by atoms with Crippen molar-refractivity contribution in [3.8, 4) is 0 Å². The number of aliphatic carboxylic acids is 1. The van der Waals surface area contributed by atoms with Gasteiger partial charge in [0.15, 0.2) is 0 Å². The molecule has 0 heterocycles. The monoisotopic (exact) mass is 365 g/mol. The van der Waals surface area contributed by atoms with Gasteiger partial charge in [0.2, 0.25) is 5.91 Å². The van der Waals surface area contributed by atoms with E-state index in [1.54, 1.807) is 0 Å². The molecule has 0 aromatic heterocycles.